The molecule has 1 atom stereocenters. The van der Waals surface area contributed by atoms with Crippen LogP contribution in [0.15, 0.2) is 0 Å². The second kappa shape index (κ2) is 13.2. The zero-order valence-electron chi connectivity index (χ0n) is 15.0. The van der Waals surface area contributed by atoms with Gasteiger partial charge in [-0.25, -0.2) is 0 Å². The smallest absolute Gasteiger partial charge is 0.0988 e. The van der Waals surface area contributed by atoms with Gasteiger partial charge in [0.15, 0.2) is 0 Å². The monoisotopic (exact) mass is 319 g/mol. The number of nitrogens with two attached hydrogens (primary N) is 2. The maximum atomic E-state index is 6.02. The fourth-order valence-electron chi connectivity index (χ4n) is 2.32. The summed E-state index contributed by atoms with van der Waals surface area (Å²) in [7, 11) is 2.03. The molecule has 134 valence electrons. The highest BCUT2D eigenvalue weighted by molar-refractivity contribution is 4.72. The van der Waals surface area contributed by atoms with Crippen molar-refractivity contribution < 1.29 is 14.2 Å². The first-order valence-electron chi connectivity index (χ1n) is 8.29. The van der Waals surface area contributed by atoms with Crippen LogP contribution < -0.4 is 11.5 Å². The number of nitrogens with zero attached hydrogens (tertiary/aromatic N) is 1. The fraction of sp³-hybridized carbons (Fsp3) is 1.00. The zero-order valence-corrected chi connectivity index (χ0v) is 15.0. The molecule has 0 saturated carbocycles. The van der Waals surface area contributed by atoms with Crippen LogP contribution in [0.3, 0.4) is 0 Å². The van der Waals surface area contributed by atoms with E-state index in [-0.39, 0.29) is 5.60 Å². The van der Waals surface area contributed by atoms with Gasteiger partial charge in [-0.1, -0.05) is 6.92 Å². The average molecular weight is 319 g/mol. The normalized spacial score (nSPS) is 13.8. The van der Waals surface area contributed by atoms with E-state index in [0.717, 1.165) is 39.0 Å². The number of ether oxygens (including phenoxy) is 3. The molecular formula is C16H37N3O3. The van der Waals surface area contributed by atoms with Crippen LogP contribution in [0.1, 0.15) is 40.0 Å². The summed E-state index contributed by atoms with van der Waals surface area (Å²) in [5, 5.41) is 0. The molecule has 0 aliphatic carbocycles. The molecule has 0 spiro atoms. The molecule has 0 aromatic carbocycles. The van der Waals surface area contributed by atoms with E-state index in [1.54, 1.807) is 0 Å². The van der Waals surface area contributed by atoms with Crippen LogP contribution in [0.4, 0.5) is 0 Å². The van der Waals surface area contributed by atoms with Crippen molar-refractivity contribution in [2.45, 2.75) is 45.6 Å². The topological polar surface area (TPSA) is 83.0 Å². The Balaban J connectivity index is 3.73. The quantitative estimate of drug-likeness (QED) is 0.350. The van der Waals surface area contributed by atoms with Gasteiger partial charge in [-0.3, -0.25) is 4.90 Å². The summed E-state index contributed by atoms with van der Waals surface area (Å²) in [6.45, 7) is 11.1. The molecule has 6 nitrogen and oxygen atoms in total. The molecule has 0 aromatic heterocycles. The summed E-state index contributed by atoms with van der Waals surface area (Å²) < 4.78 is 16.7. The standard InChI is InChI=1S/C16H37N3O3/c1-15(6-10-20-13-18)12-16(2,3)22-11-8-19(4)14-21-9-5-7-17/h15H,5-14,17-18H2,1-4H3. The molecule has 22 heavy (non-hydrogen) atoms. The number of rotatable bonds is 15. The summed E-state index contributed by atoms with van der Waals surface area (Å²) in [5.74, 6) is 0.555. The van der Waals surface area contributed by atoms with Crippen molar-refractivity contribution in [2.75, 3.05) is 53.4 Å². The third-order valence-corrected chi connectivity index (χ3v) is 3.48. The second-order valence-electron chi connectivity index (χ2n) is 6.54. The molecule has 0 aliphatic rings. The van der Waals surface area contributed by atoms with Gasteiger partial charge in [0.1, 0.15) is 0 Å². The molecule has 0 amide bonds. The Labute approximate surface area is 136 Å². The van der Waals surface area contributed by atoms with E-state index in [2.05, 4.69) is 25.7 Å². The lowest BCUT2D eigenvalue weighted by molar-refractivity contribution is -0.0510. The van der Waals surface area contributed by atoms with Crippen LogP contribution in [0.2, 0.25) is 0 Å². The van der Waals surface area contributed by atoms with Gasteiger partial charge in [0.05, 0.1) is 25.7 Å². The zero-order chi connectivity index (χ0) is 16.8. The molecule has 0 aliphatic heterocycles. The highest BCUT2D eigenvalue weighted by Crippen LogP contribution is 2.22. The summed E-state index contributed by atoms with van der Waals surface area (Å²) in [6.07, 6.45) is 2.93. The molecule has 0 heterocycles. The van der Waals surface area contributed by atoms with Gasteiger partial charge in [0.25, 0.3) is 0 Å². The largest absolute Gasteiger partial charge is 0.374 e. The molecule has 4 N–H and O–H groups in total. The Hall–Kier alpha value is -0.240. The number of hydrogen-bond donors (Lipinski definition) is 2. The average Bonchev–Trinajstić information content (AvgIpc) is 2.43. The Morgan fingerprint density at radius 2 is 1.82 bits per heavy atom. The summed E-state index contributed by atoms with van der Waals surface area (Å²) in [5.41, 5.74) is 10.6. The summed E-state index contributed by atoms with van der Waals surface area (Å²) in [6, 6.07) is 0. The van der Waals surface area contributed by atoms with E-state index in [4.69, 9.17) is 25.7 Å². The minimum atomic E-state index is -0.122. The number of hydrogen-bond acceptors (Lipinski definition) is 6. The van der Waals surface area contributed by atoms with E-state index in [1.165, 1.54) is 0 Å². The lowest BCUT2D eigenvalue weighted by Gasteiger charge is -2.29. The van der Waals surface area contributed by atoms with Crippen molar-refractivity contribution in [3.05, 3.63) is 0 Å². The first-order valence-corrected chi connectivity index (χ1v) is 8.29. The Morgan fingerprint density at radius 3 is 2.45 bits per heavy atom. The van der Waals surface area contributed by atoms with Crippen LogP contribution >= 0.6 is 0 Å². The van der Waals surface area contributed by atoms with Gasteiger partial charge in [-0.05, 0) is 52.6 Å². The summed E-state index contributed by atoms with van der Waals surface area (Å²) in [4.78, 5) is 2.12. The third-order valence-electron chi connectivity index (χ3n) is 3.48. The predicted octanol–water partition coefficient (Wildman–Crippen LogP) is 1.39. The molecule has 1 unspecified atom stereocenters. The molecule has 0 saturated heterocycles. The van der Waals surface area contributed by atoms with E-state index in [1.807, 2.05) is 7.05 Å². The molecule has 0 fully saturated rings. The van der Waals surface area contributed by atoms with Gasteiger partial charge in [0.2, 0.25) is 0 Å². The van der Waals surface area contributed by atoms with Gasteiger partial charge < -0.3 is 25.7 Å². The van der Waals surface area contributed by atoms with E-state index in [0.29, 0.717) is 32.5 Å². The minimum absolute atomic E-state index is 0.122. The molecule has 0 radical (unpaired) electrons. The predicted molar refractivity (Wildman–Crippen MR) is 90.6 cm³/mol. The lowest BCUT2D eigenvalue weighted by atomic mass is 9.92. The Morgan fingerprint density at radius 1 is 1.09 bits per heavy atom. The maximum absolute atomic E-state index is 6.02. The van der Waals surface area contributed by atoms with E-state index < -0.39 is 0 Å². The van der Waals surface area contributed by atoms with Crippen LogP contribution in [-0.4, -0.2) is 63.9 Å². The lowest BCUT2D eigenvalue weighted by Crippen LogP contribution is -2.33. The van der Waals surface area contributed by atoms with Crippen LogP contribution in [0.25, 0.3) is 0 Å². The third kappa shape index (κ3) is 13.4. The van der Waals surface area contributed by atoms with Crippen LogP contribution in [0, 0.1) is 5.92 Å². The first-order chi connectivity index (χ1) is 10.4. The summed E-state index contributed by atoms with van der Waals surface area (Å²) >= 11 is 0. The van der Waals surface area contributed by atoms with Crippen molar-refractivity contribution in [2.24, 2.45) is 17.4 Å². The SMILES string of the molecule is CC(CCOCN)CC(C)(C)OCCN(C)COCCCN. The maximum Gasteiger partial charge on any atom is 0.0988 e. The highest BCUT2D eigenvalue weighted by Gasteiger charge is 2.21. The van der Waals surface area contributed by atoms with Gasteiger partial charge in [0, 0.05) is 19.8 Å². The number of likely N-dealkylation sites (N-methyl/N-ethyl adjacent to an activating group) is 1. The van der Waals surface area contributed by atoms with Crippen molar-refractivity contribution in [3.63, 3.8) is 0 Å². The van der Waals surface area contributed by atoms with Crippen LogP contribution in [-0.2, 0) is 14.2 Å². The second-order valence-corrected chi connectivity index (χ2v) is 6.54. The van der Waals surface area contributed by atoms with Crippen molar-refractivity contribution in [3.8, 4) is 0 Å². The Bertz CT molecular complexity index is 253. The molecule has 0 bridgehead atoms. The molecular weight excluding hydrogens is 282 g/mol. The molecule has 6 heteroatoms. The van der Waals surface area contributed by atoms with Gasteiger partial charge in [-0.2, -0.15) is 0 Å². The Kier molecular flexibility index (Phi) is 13.1. The van der Waals surface area contributed by atoms with Crippen molar-refractivity contribution >= 4 is 0 Å². The van der Waals surface area contributed by atoms with E-state index in [9.17, 15) is 0 Å². The van der Waals surface area contributed by atoms with Gasteiger partial charge >= 0.3 is 0 Å². The van der Waals surface area contributed by atoms with Crippen molar-refractivity contribution in [1.29, 1.82) is 0 Å². The van der Waals surface area contributed by atoms with Gasteiger partial charge in [-0.15, -0.1) is 0 Å². The fourth-order valence-corrected chi connectivity index (χ4v) is 2.32. The van der Waals surface area contributed by atoms with Crippen LogP contribution in [0.5, 0.6) is 0 Å². The molecule has 0 rings (SSSR count). The van der Waals surface area contributed by atoms with Crippen molar-refractivity contribution in [1.82, 2.24) is 4.90 Å². The molecule has 0 aromatic rings. The minimum Gasteiger partial charge on any atom is -0.374 e. The highest BCUT2D eigenvalue weighted by atomic mass is 16.5. The first kappa shape index (κ1) is 21.8. The van der Waals surface area contributed by atoms with E-state index >= 15 is 0 Å².